The summed E-state index contributed by atoms with van der Waals surface area (Å²) >= 11 is 0. The van der Waals surface area contributed by atoms with Gasteiger partial charge in [-0.1, -0.05) is 0 Å². The van der Waals surface area contributed by atoms with E-state index in [1.54, 1.807) is 4.90 Å². The molecule has 20 heavy (non-hydrogen) atoms. The normalized spacial score (nSPS) is 18.4. The highest BCUT2D eigenvalue weighted by molar-refractivity contribution is 5.68. The molecule has 1 N–H and O–H groups in total. The summed E-state index contributed by atoms with van der Waals surface area (Å²) in [5.74, 6) is 0.982. The first-order valence-corrected chi connectivity index (χ1v) is 7.20. The van der Waals surface area contributed by atoms with Crippen LogP contribution in [0.5, 0.6) is 0 Å². The topological polar surface area (TPSA) is 59.4 Å². The maximum absolute atomic E-state index is 12.1. The monoisotopic (exact) mass is 278 g/mol. The molecule has 0 unspecified atom stereocenters. The van der Waals surface area contributed by atoms with Gasteiger partial charge in [-0.15, -0.1) is 0 Å². The molecule has 0 aromatic carbocycles. The SMILES string of the molecule is CC(C)(C)OC(=O)N1CCn2c(nc3c2CCNC3)C1. The number of hydrogen-bond acceptors (Lipinski definition) is 4. The fraction of sp³-hybridized carbons (Fsp3) is 0.714. The molecular formula is C14H22N4O2. The van der Waals surface area contributed by atoms with E-state index in [2.05, 4.69) is 14.9 Å². The van der Waals surface area contributed by atoms with Gasteiger partial charge in [0.05, 0.1) is 12.2 Å². The number of imidazole rings is 1. The number of nitrogens with zero attached hydrogens (tertiary/aromatic N) is 3. The molecule has 2 aliphatic heterocycles. The second kappa shape index (κ2) is 4.77. The van der Waals surface area contributed by atoms with Crippen LogP contribution in [0.4, 0.5) is 4.79 Å². The lowest BCUT2D eigenvalue weighted by Gasteiger charge is -2.31. The van der Waals surface area contributed by atoms with Crippen LogP contribution in [0, 0.1) is 0 Å². The Hall–Kier alpha value is -1.56. The Morgan fingerprint density at radius 2 is 2.15 bits per heavy atom. The van der Waals surface area contributed by atoms with Crippen LogP contribution >= 0.6 is 0 Å². The molecule has 1 amide bonds. The fourth-order valence-electron chi connectivity index (χ4n) is 2.76. The van der Waals surface area contributed by atoms with Gasteiger partial charge in [-0.05, 0) is 20.8 Å². The lowest BCUT2D eigenvalue weighted by molar-refractivity contribution is 0.0194. The molecule has 1 aromatic rings. The van der Waals surface area contributed by atoms with Crippen LogP contribution in [0.2, 0.25) is 0 Å². The number of hydrogen-bond donors (Lipinski definition) is 1. The predicted octanol–water partition coefficient (Wildman–Crippen LogP) is 1.28. The maximum atomic E-state index is 12.1. The van der Waals surface area contributed by atoms with E-state index >= 15 is 0 Å². The van der Waals surface area contributed by atoms with Gasteiger partial charge in [0.15, 0.2) is 0 Å². The highest BCUT2D eigenvalue weighted by Crippen LogP contribution is 2.22. The van der Waals surface area contributed by atoms with Crippen molar-refractivity contribution in [2.75, 3.05) is 13.1 Å². The number of amides is 1. The van der Waals surface area contributed by atoms with E-state index in [0.29, 0.717) is 13.1 Å². The Kier molecular flexibility index (Phi) is 3.20. The summed E-state index contributed by atoms with van der Waals surface area (Å²) in [6.45, 7) is 9.56. The molecule has 0 saturated heterocycles. The Labute approximate surface area is 119 Å². The van der Waals surface area contributed by atoms with Crippen molar-refractivity contribution in [1.82, 2.24) is 19.8 Å². The Morgan fingerprint density at radius 3 is 2.90 bits per heavy atom. The maximum Gasteiger partial charge on any atom is 0.410 e. The van der Waals surface area contributed by atoms with Crippen molar-refractivity contribution in [3.8, 4) is 0 Å². The predicted molar refractivity (Wildman–Crippen MR) is 74.3 cm³/mol. The van der Waals surface area contributed by atoms with Gasteiger partial charge in [0.2, 0.25) is 0 Å². The molecule has 110 valence electrons. The number of ether oxygens (including phenoxy) is 1. The number of carbonyl (C=O) groups is 1. The summed E-state index contributed by atoms with van der Waals surface area (Å²) in [5.41, 5.74) is 2.02. The number of carbonyl (C=O) groups excluding carboxylic acids is 1. The van der Waals surface area contributed by atoms with Crippen LogP contribution in [0.3, 0.4) is 0 Å². The third kappa shape index (κ3) is 2.52. The molecule has 0 fully saturated rings. The van der Waals surface area contributed by atoms with Crippen molar-refractivity contribution in [3.05, 3.63) is 17.2 Å². The zero-order chi connectivity index (χ0) is 14.3. The van der Waals surface area contributed by atoms with Gasteiger partial charge in [-0.3, -0.25) is 4.90 Å². The third-order valence-corrected chi connectivity index (χ3v) is 3.64. The minimum absolute atomic E-state index is 0.247. The molecule has 3 rings (SSSR count). The number of rotatable bonds is 0. The van der Waals surface area contributed by atoms with Gasteiger partial charge in [0.1, 0.15) is 11.4 Å². The second-order valence-corrected chi connectivity index (χ2v) is 6.40. The van der Waals surface area contributed by atoms with Gasteiger partial charge in [-0.25, -0.2) is 9.78 Å². The number of nitrogens with one attached hydrogen (secondary N) is 1. The number of aromatic nitrogens is 2. The highest BCUT2D eigenvalue weighted by atomic mass is 16.6. The van der Waals surface area contributed by atoms with Crippen molar-refractivity contribution in [2.45, 2.75) is 52.4 Å². The quantitative estimate of drug-likeness (QED) is 0.776. The molecule has 0 atom stereocenters. The fourth-order valence-corrected chi connectivity index (χ4v) is 2.76. The van der Waals surface area contributed by atoms with Gasteiger partial charge in [0.25, 0.3) is 0 Å². The Morgan fingerprint density at radius 1 is 1.35 bits per heavy atom. The minimum Gasteiger partial charge on any atom is -0.444 e. The molecule has 0 saturated carbocycles. The Bertz CT molecular complexity index is 530. The molecule has 6 nitrogen and oxygen atoms in total. The molecule has 0 radical (unpaired) electrons. The molecule has 0 aliphatic carbocycles. The van der Waals surface area contributed by atoms with Gasteiger partial charge < -0.3 is 14.6 Å². The van der Waals surface area contributed by atoms with Crippen molar-refractivity contribution in [1.29, 1.82) is 0 Å². The van der Waals surface area contributed by atoms with E-state index in [9.17, 15) is 4.79 Å². The number of fused-ring (bicyclic) bond motifs is 3. The van der Waals surface area contributed by atoms with E-state index in [0.717, 1.165) is 37.6 Å². The second-order valence-electron chi connectivity index (χ2n) is 6.40. The smallest absolute Gasteiger partial charge is 0.410 e. The summed E-state index contributed by atoms with van der Waals surface area (Å²) in [4.78, 5) is 18.5. The molecular weight excluding hydrogens is 256 g/mol. The lowest BCUT2D eigenvalue weighted by atomic mass is 10.2. The molecule has 0 spiro atoms. The van der Waals surface area contributed by atoms with Crippen LogP contribution in [-0.2, 0) is 30.8 Å². The summed E-state index contributed by atoms with van der Waals surface area (Å²) in [6, 6.07) is 0. The van der Waals surface area contributed by atoms with E-state index in [1.165, 1.54) is 5.69 Å². The first-order valence-electron chi connectivity index (χ1n) is 7.20. The van der Waals surface area contributed by atoms with Crippen LogP contribution in [0.1, 0.15) is 38.0 Å². The summed E-state index contributed by atoms with van der Waals surface area (Å²) < 4.78 is 7.71. The van der Waals surface area contributed by atoms with Crippen LogP contribution in [-0.4, -0.2) is 39.2 Å². The average molecular weight is 278 g/mol. The average Bonchev–Trinajstić information content (AvgIpc) is 2.74. The van der Waals surface area contributed by atoms with Gasteiger partial charge in [0, 0.05) is 38.3 Å². The molecule has 2 aliphatic rings. The zero-order valence-electron chi connectivity index (χ0n) is 12.4. The van der Waals surface area contributed by atoms with Crippen molar-refractivity contribution in [2.24, 2.45) is 0 Å². The Balaban J connectivity index is 1.76. The molecule has 0 bridgehead atoms. The third-order valence-electron chi connectivity index (χ3n) is 3.64. The molecule has 1 aromatic heterocycles. The highest BCUT2D eigenvalue weighted by Gasteiger charge is 2.29. The van der Waals surface area contributed by atoms with Crippen molar-refractivity contribution >= 4 is 6.09 Å². The summed E-state index contributed by atoms with van der Waals surface area (Å²) in [5, 5.41) is 3.33. The molecule has 3 heterocycles. The lowest BCUT2D eigenvalue weighted by Crippen LogP contribution is -2.42. The van der Waals surface area contributed by atoms with Crippen LogP contribution in [0.25, 0.3) is 0 Å². The van der Waals surface area contributed by atoms with E-state index < -0.39 is 5.60 Å². The first-order chi connectivity index (χ1) is 9.44. The largest absolute Gasteiger partial charge is 0.444 e. The van der Waals surface area contributed by atoms with E-state index in [4.69, 9.17) is 4.74 Å². The summed E-state index contributed by atoms with van der Waals surface area (Å²) in [7, 11) is 0. The van der Waals surface area contributed by atoms with Gasteiger partial charge in [-0.2, -0.15) is 0 Å². The van der Waals surface area contributed by atoms with Crippen molar-refractivity contribution in [3.63, 3.8) is 0 Å². The first kappa shape index (κ1) is 13.4. The minimum atomic E-state index is -0.451. The van der Waals surface area contributed by atoms with Crippen molar-refractivity contribution < 1.29 is 9.53 Å². The standard InChI is InChI=1S/C14H22N4O2/c1-14(2,3)20-13(19)17-6-7-18-11-4-5-15-8-10(11)16-12(18)9-17/h15H,4-9H2,1-3H3. The van der Waals surface area contributed by atoms with Crippen LogP contribution < -0.4 is 5.32 Å². The van der Waals surface area contributed by atoms with Crippen LogP contribution in [0.15, 0.2) is 0 Å². The van der Waals surface area contributed by atoms with E-state index in [-0.39, 0.29) is 6.09 Å². The summed E-state index contributed by atoms with van der Waals surface area (Å²) in [6.07, 6.45) is 0.775. The zero-order valence-corrected chi connectivity index (χ0v) is 12.4. The van der Waals surface area contributed by atoms with Gasteiger partial charge >= 0.3 is 6.09 Å². The van der Waals surface area contributed by atoms with E-state index in [1.807, 2.05) is 20.8 Å². The molecule has 6 heteroatoms.